The zero-order valence-corrected chi connectivity index (χ0v) is 19.5. The summed E-state index contributed by atoms with van der Waals surface area (Å²) in [6.45, 7) is 8.53. The molecule has 0 saturated heterocycles. The minimum Gasteiger partial charge on any atom is -0.483 e. The van der Waals surface area contributed by atoms with Crippen molar-refractivity contribution in [3.63, 3.8) is 0 Å². The third kappa shape index (κ3) is 4.73. The summed E-state index contributed by atoms with van der Waals surface area (Å²) in [6, 6.07) is 5.19. The third-order valence-corrected chi connectivity index (χ3v) is 5.68. The molecule has 34 heavy (non-hydrogen) atoms. The number of hydrazone groups is 1. The van der Waals surface area contributed by atoms with Gasteiger partial charge in [0.25, 0.3) is 5.91 Å². The number of hydrogen-bond acceptors (Lipinski definition) is 4. The lowest BCUT2D eigenvalue weighted by Gasteiger charge is -2.41. The highest BCUT2D eigenvalue weighted by atomic mass is 19.4. The predicted molar refractivity (Wildman–Crippen MR) is 110 cm³/mol. The number of alkyl halides is 7. The molecule has 0 unspecified atom stereocenters. The summed E-state index contributed by atoms with van der Waals surface area (Å²) in [7, 11) is 0. The molecule has 12 heteroatoms. The Balaban J connectivity index is 2.44. The first-order valence-corrected chi connectivity index (χ1v) is 10.4. The van der Waals surface area contributed by atoms with Gasteiger partial charge in [-0.2, -0.15) is 40.8 Å². The number of ether oxygens (including phenoxy) is 1. The number of carbonyl (C=O) groups excluding carboxylic acids is 1. The fourth-order valence-electron chi connectivity index (χ4n) is 3.37. The van der Waals surface area contributed by atoms with Gasteiger partial charge in [-0.1, -0.05) is 46.8 Å². The molecule has 0 radical (unpaired) electrons. The van der Waals surface area contributed by atoms with Crippen LogP contribution in [0.5, 0.6) is 5.75 Å². The second-order valence-corrected chi connectivity index (χ2v) is 9.63. The van der Waals surface area contributed by atoms with E-state index in [4.69, 9.17) is 4.74 Å². The van der Waals surface area contributed by atoms with E-state index in [1.807, 2.05) is 19.9 Å². The van der Waals surface area contributed by atoms with E-state index >= 15 is 0 Å². The Labute approximate surface area is 192 Å². The van der Waals surface area contributed by atoms with Crippen LogP contribution in [-0.4, -0.2) is 52.1 Å². The normalized spacial score (nSPS) is 20.1. The highest BCUT2D eigenvalue weighted by Crippen LogP contribution is 2.51. The van der Waals surface area contributed by atoms with Crippen LogP contribution in [0.3, 0.4) is 0 Å². The molecule has 0 bridgehead atoms. The Morgan fingerprint density at radius 2 is 1.71 bits per heavy atom. The molecule has 0 spiro atoms. The molecule has 0 fully saturated rings. The van der Waals surface area contributed by atoms with Crippen LogP contribution in [-0.2, 0) is 4.79 Å². The van der Waals surface area contributed by atoms with Crippen molar-refractivity contribution in [1.82, 2.24) is 5.01 Å². The van der Waals surface area contributed by atoms with Crippen molar-refractivity contribution >= 4 is 11.6 Å². The van der Waals surface area contributed by atoms with Crippen molar-refractivity contribution in [3.8, 4) is 5.75 Å². The molecular formula is C22H27F7N2O3. The van der Waals surface area contributed by atoms with Crippen LogP contribution in [0, 0.1) is 12.3 Å². The highest BCUT2D eigenvalue weighted by Gasteiger charge is 2.76. The second-order valence-electron chi connectivity index (χ2n) is 9.63. The average molecular weight is 500 g/mol. The number of hydrogen-bond donors (Lipinski definition) is 1. The quantitative estimate of drug-likeness (QED) is 0.514. The van der Waals surface area contributed by atoms with Crippen LogP contribution in [0.4, 0.5) is 30.7 Å². The van der Waals surface area contributed by atoms with E-state index in [9.17, 15) is 40.6 Å². The Morgan fingerprint density at radius 1 is 1.15 bits per heavy atom. The van der Waals surface area contributed by atoms with Crippen LogP contribution >= 0.6 is 0 Å². The fourth-order valence-corrected chi connectivity index (χ4v) is 3.37. The van der Waals surface area contributed by atoms with Crippen LogP contribution in [0.2, 0.25) is 0 Å². The zero-order valence-electron chi connectivity index (χ0n) is 19.5. The van der Waals surface area contributed by atoms with Crippen LogP contribution in [0.1, 0.15) is 58.1 Å². The van der Waals surface area contributed by atoms with E-state index in [1.165, 1.54) is 20.8 Å². The third-order valence-electron chi connectivity index (χ3n) is 5.68. The van der Waals surface area contributed by atoms with Crippen molar-refractivity contribution in [2.75, 3.05) is 6.61 Å². The SMILES string of the molecule is Cc1ccc(C(C)C)c(OCC(=O)N2N=C(C(F)(F)C(F)(F)C(F)(F)F)C[C@]2(O)C(C)(C)C)c1. The molecule has 5 nitrogen and oxygen atoms in total. The standard InChI is InChI=1S/C22H27F7N2O3/c1-12(2)14-8-7-13(3)9-15(14)34-11-17(32)31-19(33,18(4,5)6)10-16(30-31)20(23,24)21(25,26)22(27,28)29/h7-9,12,33H,10-11H2,1-6H3/t19-/m0/s1. The van der Waals surface area contributed by atoms with Crippen molar-refractivity contribution < 1.29 is 45.4 Å². The molecule has 1 amide bonds. The van der Waals surface area contributed by atoms with Crippen LogP contribution < -0.4 is 4.74 Å². The van der Waals surface area contributed by atoms with Crippen molar-refractivity contribution in [3.05, 3.63) is 29.3 Å². The molecule has 1 aliphatic rings. The molecule has 1 heterocycles. The molecule has 192 valence electrons. The van der Waals surface area contributed by atoms with Crippen molar-refractivity contribution in [2.24, 2.45) is 10.5 Å². The molecule has 1 aliphatic heterocycles. The van der Waals surface area contributed by atoms with Gasteiger partial charge in [-0.05, 0) is 30.0 Å². The number of rotatable bonds is 6. The Kier molecular flexibility index (Phi) is 7.12. The summed E-state index contributed by atoms with van der Waals surface area (Å²) in [4.78, 5) is 12.8. The molecule has 2 rings (SSSR count). The van der Waals surface area contributed by atoms with Gasteiger partial charge in [-0.15, -0.1) is 0 Å². The lowest BCUT2D eigenvalue weighted by molar-refractivity contribution is -0.336. The Morgan fingerprint density at radius 3 is 2.18 bits per heavy atom. The number of carbonyl (C=O) groups is 1. The molecule has 1 aromatic carbocycles. The van der Waals surface area contributed by atoms with Gasteiger partial charge in [0.15, 0.2) is 12.3 Å². The first-order valence-electron chi connectivity index (χ1n) is 10.4. The van der Waals surface area contributed by atoms with Gasteiger partial charge in [0.2, 0.25) is 0 Å². The van der Waals surface area contributed by atoms with E-state index in [0.717, 1.165) is 5.56 Å². The van der Waals surface area contributed by atoms with E-state index in [2.05, 4.69) is 5.10 Å². The minimum atomic E-state index is -6.59. The summed E-state index contributed by atoms with van der Waals surface area (Å²) < 4.78 is 99.3. The average Bonchev–Trinajstić information content (AvgIpc) is 3.04. The Bertz CT molecular complexity index is 968. The van der Waals surface area contributed by atoms with E-state index < -0.39 is 53.8 Å². The number of amides is 1. The molecule has 0 saturated carbocycles. The zero-order chi connectivity index (χ0) is 26.5. The van der Waals surface area contributed by atoms with Crippen molar-refractivity contribution in [1.29, 1.82) is 0 Å². The largest absolute Gasteiger partial charge is 0.483 e. The first-order chi connectivity index (χ1) is 15.2. The maximum Gasteiger partial charge on any atom is 0.460 e. The monoisotopic (exact) mass is 500 g/mol. The molecule has 0 aliphatic carbocycles. The lowest BCUT2D eigenvalue weighted by Crippen LogP contribution is -2.58. The topological polar surface area (TPSA) is 62.1 Å². The molecular weight excluding hydrogens is 473 g/mol. The van der Waals surface area contributed by atoms with Gasteiger partial charge in [0, 0.05) is 11.8 Å². The van der Waals surface area contributed by atoms with Gasteiger partial charge in [0.05, 0.1) is 0 Å². The summed E-state index contributed by atoms with van der Waals surface area (Å²) in [5.74, 6) is -13.2. The molecule has 1 atom stereocenters. The van der Waals surface area contributed by atoms with Gasteiger partial charge in [0.1, 0.15) is 11.5 Å². The second kappa shape index (κ2) is 8.69. The lowest BCUT2D eigenvalue weighted by atomic mass is 9.79. The fraction of sp³-hybridized carbons (Fsp3) is 0.636. The maximum atomic E-state index is 14.3. The van der Waals surface area contributed by atoms with E-state index in [-0.39, 0.29) is 10.9 Å². The number of aryl methyl sites for hydroxylation is 1. The summed E-state index contributed by atoms with van der Waals surface area (Å²) in [5, 5.41) is 14.2. The first kappa shape index (κ1) is 27.9. The predicted octanol–water partition coefficient (Wildman–Crippen LogP) is 5.65. The van der Waals surface area contributed by atoms with E-state index in [1.54, 1.807) is 19.1 Å². The van der Waals surface area contributed by atoms with Crippen molar-refractivity contribution in [2.45, 2.75) is 77.6 Å². The highest BCUT2D eigenvalue weighted by molar-refractivity contribution is 5.96. The van der Waals surface area contributed by atoms with Gasteiger partial charge >= 0.3 is 18.0 Å². The maximum absolute atomic E-state index is 14.3. The van der Waals surface area contributed by atoms with E-state index in [0.29, 0.717) is 11.3 Å². The Hall–Kier alpha value is -2.37. The number of halogens is 7. The van der Waals surface area contributed by atoms with Gasteiger partial charge in [-0.3, -0.25) is 4.79 Å². The smallest absolute Gasteiger partial charge is 0.460 e. The molecule has 1 N–H and O–H groups in total. The minimum absolute atomic E-state index is 0.0167. The summed E-state index contributed by atoms with van der Waals surface area (Å²) in [5.41, 5.74) is -4.52. The molecule has 0 aromatic heterocycles. The summed E-state index contributed by atoms with van der Waals surface area (Å²) >= 11 is 0. The number of aliphatic hydroxyl groups is 1. The molecule has 1 aromatic rings. The number of benzene rings is 1. The summed E-state index contributed by atoms with van der Waals surface area (Å²) in [6.07, 6.45) is -8.00. The van der Waals surface area contributed by atoms with Gasteiger partial charge in [-0.25, -0.2) is 0 Å². The van der Waals surface area contributed by atoms with Crippen LogP contribution in [0.25, 0.3) is 0 Å². The number of nitrogens with zero attached hydrogens (tertiary/aromatic N) is 2. The van der Waals surface area contributed by atoms with Gasteiger partial charge < -0.3 is 9.84 Å². The van der Waals surface area contributed by atoms with Crippen LogP contribution in [0.15, 0.2) is 23.3 Å².